The van der Waals surface area contributed by atoms with Crippen molar-refractivity contribution in [1.82, 2.24) is 15.0 Å². The van der Waals surface area contributed by atoms with Crippen molar-refractivity contribution in [2.24, 2.45) is 0 Å². The Hall–Kier alpha value is -2.32. The Balaban J connectivity index is 1.99. The Morgan fingerprint density at radius 3 is 2.94 bits per heavy atom. The molecule has 0 aliphatic carbocycles. The minimum Gasteiger partial charge on any atom is -0.465 e. The number of H-pyrrole nitrogens is 1. The van der Waals surface area contributed by atoms with Crippen LogP contribution < -0.4 is 5.76 Å². The van der Waals surface area contributed by atoms with Crippen LogP contribution in [0.3, 0.4) is 0 Å². The highest BCUT2D eigenvalue weighted by Crippen LogP contribution is 2.16. The molecule has 0 unspecified atom stereocenters. The Kier molecular flexibility index (Phi) is 2.81. The molecule has 1 aromatic rings. The fourth-order valence-corrected chi connectivity index (χ4v) is 1.55. The molecule has 1 aliphatic rings. The van der Waals surface area contributed by atoms with E-state index in [1.54, 1.807) is 0 Å². The first-order valence-corrected chi connectivity index (χ1v) is 4.79. The van der Waals surface area contributed by atoms with Gasteiger partial charge in [0.25, 0.3) is 0 Å². The lowest BCUT2D eigenvalue weighted by Gasteiger charge is -2.15. The summed E-state index contributed by atoms with van der Waals surface area (Å²) in [5.74, 6) is -1.03. The van der Waals surface area contributed by atoms with Crippen LogP contribution >= 0.6 is 0 Å². The van der Waals surface area contributed by atoms with E-state index in [1.807, 2.05) is 0 Å². The van der Waals surface area contributed by atoms with Gasteiger partial charge in [0.2, 0.25) is 0 Å². The minimum absolute atomic E-state index is 0.174. The molecule has 0 radical (unpaired) electrons. The number of ether oxygens (including phenoxy) is 1. The predicted octanol–water partition coefficient (Wildman–Crippen LogP) is -0.842. The fraction of sp³-hybridized carbons (Fsp3) is 0.500. The number of hydrogen-bond donors (Lipinski definition) is 2. The molecule has 2 N–H and O–H groups in total. The van der Waals surface area contributed by atoms with Crippen LogP contribution in [-0.4, -0.2) is 45.0 Å². The van der Waals surface area contributed by atoms with Crippen LogP contribution in [0.4, 0.5) is 4.79 Å². The van der Waals surface area contributed by atoms with Crippen LogP contribution in [0.25, 0.3) is 0 Å². The molecule has 9 nitrogen and oxygen atoms in total. The van der Waals surface area contributed by atoms with E-state index in [0.717, 1.165) is 4.90 Å². The molecule has 2 rings (SSSR count). The van der Waals surface area contributed by atoms with E-state index in [0.29, 0.717) is 0 Å². The van der Waals surface area contributed by atoms with Gasteiger partial charge in [-0.15, -0.1) is 0 Å². The van der Waals surface area contributed by atoms with Gasteiger partial charge in [0, 0.05) is 6.42 Å². The highest BCUT2D eigenvalue weighted by Gasteiger charge is 2.37. The van der Waals surface area contributed by atoms with E-state index in [4.69, 9.17) is 5.11 Å². The quantitative estimate of drug-likeness (QED) is 0.662. The molecule has 1 atom stereocenters. The summed E-state index contributed by atoms with van der Waals surface area (Å²) in [6.07, 6.45) is -0.836. The summed E-state index contributed by atoms with van der Waals surface area (Å²) in [6.45, 7) is -0.270. The molecule has 0 aromatic carbocycles. The predicted molar refractivity (Wildman–Crippen MR) is 50.1 cm³/mol. The first-order chi connectivity index (χ1) is 8.08. The standard InChI is InChI=1S/C8H9N3O6/c12-6-4(11(3-16-6)8(14)15)1-2-5-9-7(13)17-10-5/h4H,1-3H2,(H,14,15)(H,9,10,13)/t4-/m0/s1. The van der Waals surface area contributed by atoms with Crippen molar-refractivity contribution >= 4 is 12.1 Å². The summed E-state index contributed by atoms with van der Waals surface area (Å²) in [4.78, 5) is 35.9. The lowest BCUT2D eigenvalue weighted by Crippen LogP contribution is -2.37. The number of esters is 1. The summed E-state index contributed by atoms with van der Waals surface area (Å²) in [5, 5.41) is 12.2. The van der Waals surface area contributed by atoms with Crippen molar-refractivity contribution in [1.29, 1.82) is 0 Å². The van der Waals surface area contributed by atoms with Crippen LogP contribution in [0, 0.1) is 0 Å². The summed E-state index contributed by atoms with van der Waals surface area (Å²) < 4.78 is 8.90. The van der Waals surface area contributed by atoms with Crippen molar-refractivity contribution in [2.75, 3.05) is 6.73 Å². The smallest absolute Gasteiger partial charge is 0.438 e. The third kappa shape index (κ3) is 2.27. The molecular formula is C8H9N3O6. The molecule has 1 fully saturated rings. The number of carbonyl (C=O) groups is 2. The van der Waals surface area contributed by atoms with Gasteiger partial charge in [-0.25, -0.2) is 14.4 Å². The lowest BCUT2D eigenvalue weighted by molar-refractivity contribution is -0.139. The van der Waals surface area contributed by atoms with Crippen LogP contribution in [-0.2, 0) is 16.0 Å². The molecule has 1 amide bonds. The number of carboxylic acid groups (broad SMARTS) is 1. The van der Waals surface area contributed by atoms with Gasteiger partial charge >= 0.3 is 17.8 Å². The summed E-state index contributed by atoms with van der Waals surface area (Å²) in [5.41, 5.74) is 0. The number of cyclic esters (lactones) is 1. The van der Waals surface area contributed by atoms with E-state index in [-0.39, 0.29) is 25.4 Å². The molecule has 0 saturated carbocycles. The molecule has 9 heteroatoms. The van der Waals surface area contributed by atoms with E-state index in [2.05, 4.69) is 19.4 Å². The minimum atomic E-state index is -1.23. The second kappa shape index (κ2) is 4.28. The van der Waals surface area contributed by atoms with E-state index in [9.17, 15) is 14.4 Å². The van der Waals surface area contributed by atoms with Gasteiger partial charge in [-0.1, -0.05) is 5.16 Å². The number of aromatic amines is 1. The summed E-state index contributed by atoms with van der Waals surface area (Å²) >= 11 is 0. The van der Waals surface area contributed by atoms with Gasteiger partial charge in [-0.3, -0.25) is 14.4 Å². The van der Waals surface area contributed by atoms with Gasteiger partial charge in [0.05, 0.1) is 0 Å². The zero-order valence-corrected chi connectivity index (χ0v) is 8.58. The molecule has 92 valence electrons. The second-order valence-electron chi connectivity index (χ2n) is 3.44. The van der Waals surface area contributed by atoms with Crippen molar-refractivity contribution in [3.05, 3.63) is 16.4 Å². The topological polar surface area (TPSA) is 126 Å². The Morgan fingerprint density at radius 1 is 1.59 bits per heavy atom. The van der Waals surface area contributed by atoms with Gasteiger partial charge < -0.3 is 9.84 Å². The number of rotatable bonds is 3. The lowest BCUT2D eigenvalue weighted by atomic mass is 10.1. The average Bonchev–Trinajstić information content (AvgIpc) is 2.82. The number of hydrogen-bond acceptors (Lipinski definition) is 6. The summed E-state index contributed by atoms with van der Waals surface area (Å²) in [6, 6.07) is -0.868. The van der Waals surface area contributed by atoms with Crippen molar-refractivity contribution in [3.8, 4) is 0 Å². The largest absolute Gasteiger partial charge is 0.465 e. The molecule has 0 bridgehead atoms. The molecule has 17 heavy (non-hydrogen) atoms. The monoisotopic (exact) mass is 243 g/mol. The number of aryl methyl sites for hydroxylation is 1. The highest BCUT2D eigenvalue weighted by molar-refractivity contribution is 5.83. The normalized spacial score (nSPS) is 19.4. The zero-order chi connectivity index (χ0) is 12.4. The van der Waals surface area contributed by atoms with E-state index in [1.165, 1.54) is 0 Å². The van der Waals surface area contributed by atoms with Crippen LogP contribution in [0.5, 0.6) is 0 Å². The van der Waals surface area contributed by atoms with Crippen molar-refractivity contribution in [3.63, 3.8) is 0 Å². The molecule has 1 aliphatic heterocycles. The number of amides is 1. The fourth-order valence-electron chi connectivity index (χ4n) is 1.55. The van der Waals surface area contributed by atoms with Crippen LogP contribution in [0.2, 0.25) is 0 Å². The first kappa shape index (κ1) is 11.2. The van der Waals surface area contributed by atoms with Gasteiger partial charge in [0.15, 0.2) is 12.6 Å². The number of carbonyl (C=O) groups excluding carboxylic acids is 1. The second-order valence-corrected chi connectivity index (χ2v) is 3.44. The maximum atomic E-state index is 11.3. The highest BCUT2D eigenvalue weighted by atomic mass is 16.6. The maximum Gasteiger partial charge on any atom is 0.438 e. The zero-order valence-electron chi connectivity index (χ0n) is 8.58. The number of nitrogens with one attached hydrogen (secondary N) is 1. The van der Waals surface area contributed by atoms with Gasteiger partial charge in [0.1, 0.15) is 6.04 Å². The van der Waals surface area contributed by atoms with Crippen LogP contribution in [0.15, 0.2) is 9.32 Å². The Labute approximate surface area is 94.0 Å². The van der Waals surface area contributed by atoms with Gasteiger partial charge in [-0.05, 0) is 6.42 Å². The third-order valence-electron chi connectivity index (χ3n) is 2.38. The molecule has 0 spiro atoms. The summed E-state index contributed by atoms with van der Waals surface area (Å²) in [7, 11) is 0. The number of nitrogens with zero attached hydrogens (tertiary/aromatic N) is 2. The van der Waals surface area contributed by atoms with Crippen molar-refractivity contribution < 1.29 is 24.0 Å². The first-order valence-electron chi connectivity index (χ1n) is 4.79. The molecule has 1 saturated heterocycles. The third-order valence-corrected chi connectivity index (χ3v) is 2.38. The van der Waals surface area contributed by atoms with Crippen molar-refractivity contribution in [2.45, 2.75) is 18.9 Å². The SMILES string of the molecule is O=C1OCN(C(=O)O)[C@H]1CCc1noc(=O)[nH]1. The average molecular weight is 243 g/mol. The van der Waals surface area contributed by atoms with E-state index >= 15 is 0 Å². The van der Waals surface area contributed by atoms with E-state index < -0.39 is 23.9 Å². The Morgan fingerprint density at radius 2 is 2.35 bits per heavy atom. The maximum absolute atomic E-state index is 11.3. The van der Waals surface area contributed by atoms with Crippen LogP contribution in [0.1, 0.15) is 12.2 Å². The van der Waals surface area contributed by atoms with Gasteiger partial charge in [-0.2, -0.15) is 0 Å². The molecular weight excluding hydrogens is 234 g/mol. The Bertz CT molecular complexity index is 491. The number of aromatic nitrogens is 2. The molecule has 1 aromatic heterocycles. The molecule has 2 heterocycles.